The van der Waals surface area contributed by atoms with Gasteiger partial charge in [0.2, 0.25) is 11.8 Å². The molecule has 2 rings (SSSR count). The fraction of sp³-hybridized carbons (Fsp3) is 0.750. The standard InChI is InChI=1S/C12H18N2O4/c15-9(13-6-10(16)17)5-14-12(18)11-7-3-1-2-4-8(7)11/h7-8,11H,1-6H2,(H,13,15)(H,14,18)(H,16,17). The Morgan fingerprint density at radius 2 is 1.61 bits per heavy atom. The molecule has 2 aliphatic rings. The molecule has 18 heavy (non-hydrogen) atoms. The van der Waals surface area contributed by atoms with E-state index < -0.39 is 18.4 Å². The van der Waals surface area contributed by atoms with Gasteiger partial charge in [0.05, 0.1) is 6.54 Å². The second kappa shape index (κ2) is 5.37. The van der Waals surface area contributed by atoms with Gasteiger partial charge in [0.25, 0.3) is 0 Å². The van der Waals surface area contributed by atoms with E-state index in [2.05, 4.69) is 10.6 Å². The number of amides is 2. The molecule has 2 amide bonds. The number of aliphatic carboxylic acids is 1. The van der Waals surface area contributed by atoms with Crippen LogP contribution in [0.3, 0.4) is 0 Å². The molecule has 2 saturated carbocycles. The number of fused-ring (bicyclic) bond motifs is 1. The molecular weight excluding hydrogens is 236 g/mol. The van der Waals surface area contributed by atoms with Gasteiger partial charge in [-0.3, -0.25) is 14.4 Å². The van der Waals surface area contributed by atoms with Crippen molar-refractivity contribution >= 4 is 17.8 Å². The highest BCUT2D eigenvalue weighted by Crippen LogP contribution is 2.55. The fourth-order valence-electron chi connectivity index (χ4n) is 2.90. The average molecular weight is 254 g/mol. The molecule has 2 fully saturated rings. The molecular formula is C12H18N2O4. The van der Waals surface area contributed by atoms with Gasteiger partial charge in [-0.15, -0.1) is 0 Å². The zero-order valence-corrected chi connectivity index (χ0v) is 10.1. The molecule has 0 aromatic rings. The lowest BCUT2D eigenvalue weighted by molar-refractivity contribution is -0.137. The van der Waals surface area contributed by atoms with E-state index in [4.69, 9.17) is 5.11 Å². The van der Waals surface area contributed by atoms with Crippen molar-refractivity contribution in [1.82, 2.24) is 10.6 Å². The maximum Gasteiger partial charge on any atom is 0.322 e. The first kappa shape index (κ1) is 12.9. The first-order valence-electron chi connectivity index (χ1n) is 6.36. The molecule has 6 heteroatoms. The summed E-state index contributed by atoms with van der Waals surface area (Å²) in [7, 11) is 0. The Balaban J connectivity index is 1.66. The van der Waals surface area contributed by atoms with Crippen molar-refractivity contribution in [2.45, 2.75) is 25.7 Å². The molecule has 0 aliphatic heterocycles. The van der Waals surface area contributed by atoms with Crippen molar-refractivity contribution < 1.29 is 19.5 Å². The molecule has 0 aromatic carbocycles. The van der Waals surface area contributed by atoms with Crippen LogP contribution in [0.1, 0.15) is 25.7 Å². The second-order valence-corrected chi connectivity index (χ2v) is 5.03. The summed E-state index contributed by atoms with van der Waals surface area (Å²) in [6.07, 6.45) is 4.63. The van der Waals surface area contributed by atoms with Crippen molar-refractivity contribution in [2.24, 2.45) is 17.8 Å². The van der Waals surface area contributed by atoms with Gasteiger partial charge in [0, 0.05) is 5.92 Å². The number of hydrogen-bond donors (Lipinski definition) is 3. The van der Waals surface area contributed by atoms with Gasteiger partial charge < -0.3 is 15.7 Å². The number of rotatable bonds is 5. The third-order valence-corrected chi connectivity index (χ3v) is 3.82. The second-order valence-electron chi connectivity index (χ2n) is 5.03. The van der Waals surface area contributed by atoms with E-state index in [1.54, 1.807) is 0 Å². The maximum absolute atomic E-state index is 11.8. The van der Waals surface area contributed by atoms with Gasteiger partial charge in [0.15, 0.2) is 0 Å². The van der Waals surface area contributed by atoms with Crippen molar-refractivity contribution in [1.29, 1.82) is 0 Å². The summed E-state index contributed by atoms with van der Waals surface area (Å²) < 4.78 is 0. The van der Waals surface area contributed by atoms with Crippen LogP contribution >= 0.6 is 0 Å². The highest BCUT2D eigenvalue weighted by atomic mass is 16.4. The normalized spacial score (nSPS) is 29.0. The van der Waals surface area contributed by atoms with E-state index in [1.165, 1.54) is 12.8 Å². The molecule has 0 bridgehead atoms. The van der Waals surface area contributed by atoms with E-state index >= 15 is 0 Å². The highest BCUT2D eigenvalue weighted by Gasteiger charge is 2.54. The SMILES string of the molecule is O=C(O)CNC(=O)CNC(=O)C1C2CCCCC21. The zero-order chi connectivity index (χ0) is 13.1. The molecule has 3 N–H and O–H groups in total. The summed E-state index contributed by atoms with van der Waals surface area (Å²) in [5.41, 5.74) is 0. The molecule has 6 nitrogen and oxygen atoms in total. The number of hydrogen-bond acceptors (Lipinski definition) is 3. The molecule has 2 aliphatic carbocycles. The minimum Gasteiger partial charge on any atom is -0.480 e. The van der Waals surface area contributed by atoms with E-state index in [0.717, 1.165) is 12.8 Å². The Hall–Kier alpha value is -1.59. The smallest absolute Gasteiger partial charge is 0.322 e. The predicted octanol–water partition coefficient (Wildman–Crippen LogP) is -0.260. The number of carbonyl (C=O) groups is 3. The van der Waals surface area contributed by atoms with Crippen LogP contribution in [0.25, 0.3) is 0 Å². The van der Waals surface area contributed by atoms with Crippen molar-refractivity contribution in [2.75, 3.05) is 13.1 Å². The molecule has 2 unspecified atom stereocenters. The maximum atomic E-state index is 11.8. The lowest BCUT2D eigenvalue weighted by Crippen LogP contribution is -2.39. The van der Waals surface area contributed by atoms with E-state index in [9.17, 15) is 14.4 Å². The zero-order valence-electron chi connectivity index (χ0n) is 10.1. The fourth-order valence-corrected chi connectivity index (χ4v) is 2.90. The number of carbonyl (C=O) groups excluding carboxylic acids is 2. The van der Waals surface area contributed by atoms with Crippen LogP contribution in [0.2, 0.25) is 0 Å². The molecule has 100 valence electrons. The quantitative estimate of drug-likeness (QED) is 0.630. The largest absolute Gasteiger partial charge is 0.480 e. The van der Waals surface area contributed by atoms with Crippen LogP contribution < -0.4 is 10.6 Å². The summed E-state index contributed by atoms with van der Waals surface area (Å²) in [5, 5.41) is 13.2. The summed E-state index contributed by atoms with van der Waals surface area (Å²) >= 11 is 0. The summed E-state index contributed by atoms with van der Waals surface area (Å²) in [5.74, 6) is -0.504. The highest BCUT2D eigenvalue weighted by molar-refractivity contribution is 5.88. The van der Waals surface area contributed by atoms with Crippen LogP contribution in [0.15, 0.2) is 0 Å². The topological polar surface area (TPSA) is 95.5 Å². The van der Waals surface area contributed by atoms with Gasteiger partial charge in [-0.1, -0.05) is 12.8 Å². The number of carboxylic acid groups (broad SMARTS) is 1. The van der Waals surface area contributed by atoms with Crippen LogP contribution in [0.4, 0.5) is 0 Å². The third-order valence-electron chi connectivity index (χ3n) is 3.82. The van der Waals surface area contributed by atoms with Crippen molar-refractivity contribution in [3.63, 3.8) is 0 Å². The molecule has 0 aromatic heterocycles. The Labute approximate surface area is 105 Å². The Bertz CT molecular complexity index is 357. The molecule has 0 radical (unpaired) electrons. The number of nitrogens with one attached hydrogen (secondary N) is 2. The first-order chi connectivity index (χ1) is 8.59. The summed E-state index contributed by atoms with van der Waals surface area (Å²) in [6, 6.07) is 0. The number of carboxylic acids is 1. The Morgan fingerprint density at radius 1 is 1.00 bits per heavy atom. The van der Waals surface area contributed by atoms with Gasteiger partial charge in [0.1, 0.15) is 6.54 Å². The Kier molecular flexibility index (Phi) is 3.84. The van der Waals surface area contributed by atoms with Crippen LogP contribution in [0, 0.1) is 17.8 Å². The van der Waals surface area contributed by atoms with Crippen LogP contribution in [0.5, 0.6) is 0 Å². The van der Waals surface area contributed by atoms with Crippen molar-refractivity contribution in [3.05, 3.63) is 0 Å². The van der Waals surface area contributed by atoms with Crippen LogP contribution in [-0.4, -0.2) is 36.0 Å². The molecule has 0 spiro atoms. The summed E-state index contributed by atoms with van der Waals surface area (Å²) in [4.78, 5) is 33.3. The average Bonchev–Trinajstić information content (AvgIpc) is 3.07. The van der Waals surface area contributed by atoms with E-state index in [-0.39, 0.29) is 18.4 Å². The predicted molar refractivity (Wildman–Crippen MR) is 62.6 cm³/mol. The molecule has 0 saturated heterocycles. The van der Waals surface area contributed by atoms with Gasteiger partial charge in [-0.25, -0.2) is 0 Å². The van der Waals surface area contributed by atoms with E-state index in [0.29, 0.717) is 11.8 Å². The lowest BCUT2D eigenvalue weighted by atomic mass is 10.0. The minimum absolute atomic E-state index is 0.0580. The van der Waals surface area contributed by atoms with Gasteiger partial charge >= 0.3 is 5.97 Å². The van der Waals surface area contributed by atoms with Gasteiger partial charge in [-0.05, 0) is 24.7 Å². The lowest BCUT2D eigenvalue weighted by Gasteiger charge is -2.04. The summed E-state index contributed by atoms with van der Waals surface area (Å²) in [6.45, 7) is -0.550. The van der Waals surface area contributed by atoms with E-state index in [1.807, 2.05) is 0 Å². The molecule has 2 atom stereocenters. The van der Waals surface area contributed by atoms with Crippen molar-refractivity contribution in [3.8, 4) is 0 Å². The Morgan fingerprint density at radius 3 is 2.17 bits per heavy atom. The first-order valence-corrected chi connectivity index (χ1v) is 6.36. The monoisotopic (exact) mass is 254 g/mol. The minimum atomic E-state index is -1.09. The van der Waals surface area contributed by atoms with Gasteiger partial charge in [-0.2, -0.15) is 0 Å². The molecule has 0 heterocycles. The third kappa shape index (κ3) is 3.00. The van der Waals surface area contributed by atoms with Crippen LogP contribution in [-0.2, 0) is 14.4 Å².